The summed E-state index contributed by atoms with van der Waals surface area (Å²) in [5.74, 6) is -0.501. The van der Waals surface area contributed by atoms with Gasteiger partial charge >= 0.3 is 0 Å². The maximum absolute atomic E-state index is 14.5. The molecule has 8 aliphatic heterocycles. The number of anilines is 4. The van der Waals surface area contributed by atoms with Crippen LogP contribution in [0.3, 0.4) is 0 Å². The Morgan fingerprint density at radius 3 is 0.893 bits per heavy atom. The number of piperidine rings is 2. The Bertz CT molecular complexity index is 6280. The Morgan fingerprint density at radius 1 is 0.298 bits per heavy atom. The maximum atomic E-state index is 14.5. The fraction of sp³-hybridized carbons (Fsp3) is 0.385. The molecule has 0 bridgehead atoms. The van der Waals surface area contributed by atoms with Crippen molar-refractivity contribution in [3.8, 4) is 45.0 Å². The molecule has 6 atom stereocenters. The first kappa shape index (κ1) is 84.3. The predicted molar refractivity (Wildman–Crippen MR) is 469 cm³/mol. The van der Waals surface area contributed by atoms with Gasteiger partial charge in [-0.3, -0.25) is 0 Å². The second kappa shape index (κ2) is 36.7. The van der Waals surface area contributed by atoms with Crippen LogP contribution in [-0.4, -0.2) is 197 Å². The molecule has 16 aromatic rings. The summed E-state index contributed by atoms with van der Waals surface area (Å²) in [4.78, 5) is 27.6. The Balaban J connectivity index is 0.000000105. The van der Waals surface area contributed by atoms with Gasteiger partial charge in [-0.1, -0.05) is 20.9 Å². The summed E-state index contributed by atoms with van der Waals surface area (Å²) in [5.41, 5.74) is 10.1. The molecule has 20 heterocycles. The molecule has 4 aromatic carbocycles. The van der Waals surface area contributed by atoms with Crippen LogP contribution < -0.4 is 35.6 Å². The lowest BCUT2D eigenvalue weighted by Gasteiger charge is -2.26. The number of nitrogens with one attached hydrogen (secondary N) is 3. The highest BCUT2D eigenvalue weighted by molar-refractivity contribution is 5.78. The largest absolute Gasteiger partial charge is 0.381 e. The minimum absolute atomic E-state index is 0.261. The molecule has 674 valence electrons. The first-order valence-corrected chi connectivity index (χ1v) is 44.8. The Hall–Kier alpha value is -13.6. The molecule has 0 aliphatic carbocycles. The van der Waals surface area contributed by atoms with Crippen molar-refractivity contribution >= 4 is 45.9 Å². The van der Waals surface area contributed by atoms with Crippen molar-refractivity contribution in [2.24, 2.45) is 0 Å². The van der Waals surface area contributed by atoms with Crippen molar-refractivity contribution in [1.82, 2.24) is 134 Å². The number of aromatic nitrogens is 24. The molecule has 40 heteroatoms. The van der Waals surface area contributed by atoms with Gasteiger partial charge in [-0.15, -0.1) is 20.4 Å². The molecular weight excluding hydrogens is 1700 g/mol. The minimum atomic E-state index is -0.438. The zero-order valence-corrected chi connectivity index (χ0v) is 71.3. The molecule has 24 rings (SSSR count). The van der Waals surface area contributed by atoms with Gasteiger partial charge in [-0.25, -0.2) is 91.8 Å². The van der Waals surface area contributed by atoms with Gasteiger partial charge in [0, 0.05) is 99.5 Å². The fourth-order valence-electron chi connectivity index (χ4n) is 19.6. The van der Waals surface area contributed by atoms with Crippen LogP contribution >= 0.6 is 0 Å². The highest BCUT2D eigenvalue weighted by Gasteiger charge is 2.37. The van der Waals surface area contributed by atoms with E-state index in [2.05, 4.69) is 77.6 Å². The van der Waals surface area contributed by atoms with Gasteiger partial charge in [-0.2, -0.15) is 20.4 Å². The smallest absolute Gasteiger partial charge is 0.166 e. The molecule has 8 saturated heterocycles. The molecule has 2 unspecified atom stereocenters. The highest BCUT2D eigenvalue weighted by atomic mass is 19.2. The third-order valence-electron chi connectivity index (χ3n) is 26.3. The molecule has 0 saturated carbocycles. The molecule has 0 radical (unpaired) electrons. The van der Waals surface area contributed by atoms with Crippen LogP contribution in [0.15, 0.2) is 171 Å². The fourth-order valence-corrected chi connectivity index (χ4v) is 19.6. The van der Waals surface area contributed by atoms with Crippen molar-refractivity contribution < 1.29 is 39.9 Å². The SMILES string of the molecule is Fc1ccc(F)c([C@H]2CCCN2c2ccn3ncc(-c4cn(C5CCCNC5)nn4)c3n2)c1.Fc1ccc(F)c([C@H]2CCCN2c2ccn3ncc(-c4cn(C5CCNC5)nn4)c3n2)c1.Fc1ccc(F)c([C@H]2CCCN2c2ccn3ncc(-c4cn(C5CCNCC5)nn4)c3n2)c1.Fc1ccc(F)c([C@H]2CCCN2c2ccn3ncc(-c4cn(C5CCOCC5)nn4)c3n2)c1. The van der Waals surface area contributed by atoms with E-state index >= 15 is 0 Å². The predicted octanol–water partition coefficient (Wildman–Crippen LogP) is 14.2. The second-order valence-electron chi connectivity index (χ2n) is 34.3. The lowest BCUT2D eigenvalue weighted by molar-refractivity contribution is 0.0657. The average molecular weight is 1790 g/mol. The third-order valence-corrected chi connectivity index (χ3v) is 26.3. The zero-order valence-electron chi connectivity index (χ0n) is 71.3. The Labute approximate surface area is 744 Å². The summed E-state index contributed by atoms with van der Waals surface area (Å²) in [5, 5.41) is 62.6. The molecule has 8 aliphatic rings. The van der Waals surface area contributed by atoms with Gasteiger partial charge in [0.2, 0.25) is 0 Å². The van der Waals surface area contributed by atoms with Gasteiger partial charge < -0.3 is 40.3 Å². The van der Waals surface area contributed by atoms with E-state index < -0.39 is 46.5 Å². The summed E-state index contributed by atoms with van der Waals surface area (Å²) < 4.78 is 133. The first-order valence-electron chi connectivity index (χ1n) is 44.8. The first-order chi connectivity index (χ1) is 64.2. The Morgan fingerprint density at radius 2 is 0.588 bits per heavy atom. The number of benzene rings is 4. The number of hydrogen-bond donors (Lipinski definition) is 3. The summed E-state index contributed by atoms with van der Waals surface area (Å²) >= 11 is 0. The molecular formula is C91H93F8N31O. The van der Waals surface area contributed by atoms with E-state index in [4.69, 9.17) is 24.7 Å². The number of halogens is 8. The highest BCUT2D eigenvalue weighted by Crippen LogP contribution is 2.44. The molecule has 0 amide bonds. The standard InChI is InChI=1S/2C23H24F2N8.C23H23F2N7O.C22H22F2N8/c24-15-5-6-19(25)17(11-15)21-4-2-9-31(21)22-7-10-32-23(28-22)18(13-27-32)20-14-33(30-29-20)16-3-1-8-26-12-16;24-15-3-4-19(25)17(12-15)21-2-1-10-31(21)22-7-11-32-23(28-22)18(13-27-32)20-14-33(30-29-20)16-5-8-26-9-6-16;24-15-3-4-19(25)17(12-15)21-2-1-8-30(21)22-5-9-31-23(27-22)18(13-26-31)20-14-32(29-28-20)16-6-10-33-11-7-16;23-14-3-4-18(24)16(10-14)20-2-1-8-30(20)21-6-9-31-22(27-21)17(12-26-31)19-13-32(29-28-19)15-5-7-25-11-15/h5-7,10-11,13-14,16,21,26H,1-4,8-9,12H2;3-4,7,11-14,16,21,26H,1-2,5-6,8-10H2;3-5,9,12-14,16,21H,1-2,6-8,10-11H2;3-4,6,9-10,12-13,15,20,25H,1-2,5,7-8,11H2/t16?,21-;2*21-;15?,20-/m1111/s1. The Kier molecular flexibility index (Phi) is 23.6. The lowest BCUT2D eigenvalue weighted by Crippen LogP contribution is -2.31. The molecule has 32 nitrogen and oxygen atoms in total. The summed E-state index contributed by atoms with van der Waals surface area (Å²) in [6.07, 6.45) is 35.6. The minimum Gasteiger partial charge on any atom is -0.381 e. The van der Waals surface area contributed by atoms with Crippen LogP contribution in [0.1, 0.15) is 167 Å². The zero-order chi connectivity index (χ0) is 88.7. The van der Waals surface area contributed by atoms with Crippen molar-refractivity contribution in [3.05, 3.63) is 240 Å². The van der Waals surface area contributed by atoms with Crippen molar-refractivity contribution in [2.75, 3.05) is 98.3 Å². The number of rotatable bonds is 16. The van der Waals surface area contributed by atoms with E-state index in [1.165, 1.54) is 48.5 Å². The number of hydrogen-bond acceptors (Lipinski definition) is 24. The molecule has 3 N–H and O–H groups in total. The van der Waals surface area contributed by atoms with Crippen molar-refractivity contribution in [2.45, 2.75) is 145 Å². The van der Waals surface area contributed by atoms with Crippen LogP contribution in [-0.2, 0) is 4.74 Å². The number of fused-ring (bicyclic) bond motifs is 4. The van der Waals surface area contributed by atoms with E-state index in [0.717, 1.165) is 226 Å². The van der Waals surface area contributed by atoms with Gasteiger partial charge in [0.15, 0.2) is 22.6 Å². The van der Waals surface area contributed by atoms with Crippen molar-refractivity contribution in [1.29, 1.82) is 0 Å². The molecule has 8 fully saturated rings. The van der Waals surface area contributed by atoms with Crippen LogP contribution in [0, 0.1) is 46.5 Å². The van der Waals surface area contributed by atoms with E-state index in [1.807, 2.05) is 112 Å². The summed E-state index contributed by atoms with van der Waals surface area (Å²) in [7, 11) is 0. The molecule has 131 heavy (non-hydrogen) atoms. The molecule has 0 spiro atoms. The van der Waals surface area contributed by atoms with Gasteiger partial charge in [-0.05, 0) is 220 Å². The van der Waals surface area contributed by atoms with Crippen LogP contribution in [0.25, 0.3) is 67.6 Å². The monoisotopic (exact) mass is 1790 g/mol. The van der Waals surface area contributed by atoms with E-state index in [0.29, 0.717) is 98.1 Å². The van der Waals surface area contributed by atoms with Gasteiger partial charge in [0.1, 0.15) is 92.6 Å². The third kappa shape index (κ3) is 17.2. The lowest BCUT2D eigenvalue weighted by atomic mass is 10.0. The topological polar surface area (TPSA) is 302 Å². The van der Waals surface area contributed by atoms with E-state index in [1.54, 1.807) is 42.8 Å². The maximum Gasteiger partial charge on any atom is 0.166 e. The van der Waals surface area contributed by atoms with Crippen molar-refractivity contribution in [3.63, 3.8) is 0 Å². The molecule has 12 aromatic heterocycles. The quantitative estimate of drug-likeness (QED) is 0.0757. The van der Waals surface area contributed by atoms with Crippen LogP contribution in [0.2, 0.25) is 0 Å². The number of nitrogens with zero attached hydrogens (tertiary/aromatic N) is 28. The van der Waals surface area contributed by atoms with E-state index in [-0.39, 0.29) is 36.3 Å². The van der Waals surface area contributed by atoms with Gasteiger partial charge in [0.05, 0.1) is 120 Å². The summed E-state index contributed by atoms with van der Waals surface area (Å²) in [6.45, 7) is 10.1. The van der Waals surface area contributed by atoms with Gasteiger partial charge in [0.25, 0.3) is 0 Å². The normalized spacial score (nSPS) is 20.4. The van der Waals surface area contributed by atoms with Crippen LogP contribution in [0.4, 0.5) is 58.4 Å². The summed E-state index contributed by atoms with van der Waals surface area (Å²) in [6, 6.07) is 22.1. The van der Waals surface area contributed by atoms with E-state index in [9.17, 15) is 35.1 Å². The second-order valence-corrected chi connectivity index (χ2v) is 34.3. The number of ether oxygens (including phenoxy) is 1. The average Bonchev–Trinajstić information content (AvgIpc) is 1.63. The van der Waals surface area contributed by atoms with Crippen LogP contribution in [0.5, 0.6) is 0 Å².